The second-order valence-electron chi connectivity index (χ2n) is 3.01. The number of aliphatic hydroxyl groups excluding tert-OH is 2. The first-order valence-electron chi connectivity index (χ1n) is 4.53. The number of carbonyl (C=O) groups excluding carboxylic acids is 1. The summed E-state index contributed by atoms with van der Waals surface area (Å²) in [5.41, 5.74) is 0. The molecule has 0 saturated carbocycles. The SMILES string of the molecule is CCC[C@@H](O)C(=O)[C@@H](O)CCC. The second-order valence-corrected chi connectivity index (χ2v) is 3.01. The van der Waals surface area contributed by atoms with Crippen LogP contribution >= 0.6 is 0 Å². The summed E-state index contributed by atoms with van der Waals surface area (Å²) in [4.78, 5) is 11.1. The molecule has 0 radical (unpaired) electrons. The van der Waals surface area contributed by atoms with Crippen LogP contribution in [0.3, 0.4) is 0 Å². The van der Waals surface area contributed by atoms with E-state index in [9.17, 15) is 15.0 Å². The number of hydrogen-bond acceptors (Lipinski definition) is 3. The van der Waals surface area contributed by atoms with Crippen molar-refractivity contribution in [2.75, 3.05) is 0 Å². The molecular formula is C9H18O3. The first-order valence-corrected chi connectivity index (χ1v) is 4.53. The van der Waals surface area contributed by atoms with Gasteiger partial charge in [-0.05, 0) is 12.8 Å². The van der Waals surface area contributed by atoms with E-state index in [2.05, 4.69) is 0 Å². The number of aliphatic hydroxyl groups is 2. The number of hydrogen-bond donors (Lipinski definition) is 2. The fourth-order valence-corrected chi connectivity index (χ4v) is 1.05. The van der Waals surface area contributed by atoms with E-state index in [0.29, 0.717) is 12.8 Å². The van der Waals surface area contributed by atoms with E-state index in [1.165, 1.54) is 0 Å². The average molecular weight is 174 g/mol. The zero-order chi connectivity index (χ0) is 9.56. The van der Waals surface area contributed by atoms with E-state index in [-0.39, 0.29) is 0 Å². The van der Waals surface area contributed by atoms with Crippen LogP contribution in [0.4, 0.5) is 0 Å². The fraction of sp³-hybridized carbons (Fsp3) is 0.889. The van der Waals surface area contributed by atoms with Crippen LogP contribution in [0.15, 0.2) is 0 Å². The van der Waals surface area contributed by atoms with E-state index < -0.39 is 18.0 Å². The zero-order valence-electron chi connectivity index (χ0n) is 7.79. The summed E-state index contributed by atoms with van der Waals surface area (Å²) < 4.78 is 0. The Morgan fingerprint density at radius 2 is 1.42 bits per heavy atom. The zero-order valence-corrected chi connectivity index (χ0v) is 7.79. The molecule has 0 rings (SSSR count). The van der Waals surface area contributed by atoms with Crippen molar-refractivity contribution in [1.29, 1.82) is 0 Å². The Kier molecular flexibility index (Phi) is 5.93. The predicted molar refractivity (Wildman–Crippen MR) is 46.8 cm³/mol. The minimum Gasteiger partial charge on any atom is -0.385 e. The van der Waals surface area contributed by atoms with E-state index in [0.717, 1.165) is 12.8 Å². The summed E-state index contributed by atoms with van der Waals surface area (Å²) in [6.07, 6.45) is 0.449. The Balaban J connectivity index is 3.82. The van der Waals surface area contributed by atoms with E-state index in [1.807, 2.05) is 13.8 Å². The van der Waals surface area contributed by atoms with Crippen molar-refractivity contribution in [2.45, 2.75) is 51.7 Å². The highest BCUT2D eigenvalue weighted by atomic mass is 16.3. The maximum Gasteiger partial charge on any atom is 0.189 e. The molecule has 0 aromatic carbocycles. The summed E-state index contributed by atoms with van der Waals surface area (Å²) >= 11 is 0. The lowest BCUT2D eigenvalue weighted by Crippen LogP contribution is -2.31. The van der Waals surface area contributed by atoms with Crippen LogP contribution in [0, 0.1) is 0 Å². The standard InChI is InChI=1S/C9H18O3/c1-3-5-7(10)9(12)8(11)6-4-2/h7-8,10-11H,3-6H2,1-2H3/t7-,8+. The molecule has 72 valence electrons. The Bertz CT molecular complexity index is 120. The summed E-state index contributed by atoms with van der Waals surface area (Å²) in [7, 11) is 0. The fourth-order valence-electron chi connectivity index (χ4n) is 1.05. The van der Waals surface area contributed by atoms with Gasteiger partial charge in [0.25, 0.3) is 0 Å². The van der Waals surface area contributed by atoms with Gasteiger partial charge in [-0.3, -0.25) is 4.79 Å². The third kappa shape index (κ3) is 3.83. The predicted octanol–water partition coefficient (Wildman–Crippen LogP) is 0.878. The molecular weight excluding hydrogens is 156 g/mol. The van der Waals surface area contributed by atoms with E-state index >= 15 is 0 Å². The Hall–Kier alpha value is -0.410. The smallest absolute Gasteiger partial charge is 0.189 e. The Morgan fingerprint density at radius 3 is 1.67 bits per heavy atom. The number of rotatable bonds is 6. The monoisotopic (exact) mass is 174 g/mol. The Labute approximate surface area is 73.4 Å². The van der Waals surface area contributed by atoms with E-state index in [4.69, 9.17) is 0 Å². The van der Waals surface area contributed by atoms with Crippen LogP contribution in [-0.2, 0) is 4.79 Å². The molecule has 0 saturated heterocycles. The third-order valence-electron chi connectivity index (χ3n) is 1.78. The molecule has 2 N–H and O–H groups in total. The maximum absolute atomic E-state index is 11.1. The molecule has 0 heterocycles. The van der Waals surface area contributed by atoms with Crippen LogP contribution in [0.25, 0.3) is 0 Å². The number of ketones is 1. The van der Waals surface area contributed by atoms with Gasteiger partial charge in [0.1, 0.15) is 12.2 Å². The van der Waals surface area contributed by atoms with Crippen LogP contribution in [0.5, 0.6) is 0 Å². The maximum atomic E-state index is 11.1. The molecule has 2 atom stereocenters. The lowest BCUT2D eigenvalue weighted by Gasteiger charge is -2.12. The lowest BCUT2D eigenvalue weighted by molar-refractivity contribution is -0.136. The van der Waals surface area contributed by atoms with Crippen molar-refractivity contribution in [2.24, 2.45) is 0 Å². The van der Waals surface area contributed by atoms with Crippen molar-refractivity contribution in [3.63, 3.8) is 0 Å². The van der Waals surface area contributed by atoms with Gasteiger partial charge in [0.2, 0.25) is 0 Å². The molecule has 3 nitrogen and oxygen atoms in total. The van der Waals surface area contributed by atoms with Gasteiger partial charge in [0, 0.05) is 0 Å². The van der Waals surface area contributed by atoms with Gasteiger partial charge in [-0.2, -0.15) is 0 Å². The van der Waals surface area contributed by atoms with Gasteiger partial charge in [-0.15, -0.1) is 0 Å². The van der Waals surface area contributed by atoms with Crippen LogP contribution < -0.4 is 0 Å². The molecule has 0 aromatic rings. The van der Waals surface area contributed by atoms with Gasteiger partial charge < -0.3 is 10.2 Å². The van der Waals surface area contributed by atoms with Crippen LogP contribution in [-0.4, -0.2) is 28.2 Å². The molecule has 0 amide bonds. The minimum absolute atomic E-state index is 0.432. The highest BCUT2D eigenvalue weighted by molar-refractivity contribution is 5.86. The van der Waals surface area contributed by atoms with Crippen molar-refractivity contribution in [1.82, 2.24) is 0 Å². The highest BCUT2D eigenvalue weighted by Gasteiger charge is 2.21. The normalized spacial score (nSPS) is 15.7. The largest absolute Gasteiger partial charge is 0.385 e. The molecule has 0 unspecified atom stereocenters. The van der Waals surface area contributed by atoms with Gasteiger partial charge in [0.05, 0.1) is 0 Å². The van der Waals surface area contributed by atoms with E-state index in [1.54, 1.807) is 0 Å². The van der Waals surface area contributed by atoms with Crippen molar-refractivity contribution >= 4 is 5.78 Å². The average Bonchev–Trinajstić information content (AvgIpc) is 2.04. The molecule has 12 heavy (non-hydrogen) atoms. The number of Topliss-reactive ketones (excluding diaryl/α,β-unsaturated/α-hetero) is 1. The molecule has 3 heteroatoms. The molecule has 0 aliphatic carbocycles. The quantitative estimate of drug-likeness (QED) is 0.628. The molecule has 0 fully saturated rings. The third-order valence-corrected chi connectivity index (χ3v) is 1.78. The summed E-state index contributed by atoms with van der Waals surface area (Å²) in [5.74, 6) is -0.432. The summed E-state index contributed by atoms with van der Waals surface area (Å²) in [5, 5.41) is 18.4. The van der Waals surface area contributed by atoms with Gasteiger partial charge in [-0.25, -0.2) is 0 Å². The Morgan fingerprint density at radius 1 is 1.08 bits per heavy atom. The molecule has 0 bridgehead atoms. The van der Waals surface area contributed by atoms with Gasteiger partial charge in [-0.1, -0.05) is 26.7 Å². The first kappa shape index (κ1) is 11.6. The molecule has 0 aliphatic rings. The van der Waals surface area contributed by atoms with Crippen molar-refractivity contribution in [3.8, 4) is 0 Å². The highest BCUT2D eigenvalue weighted by Crippen LogP contribution is 2.05. The van der Waals surface area contributed by atoms with Crippen LogP contribution in [0.2, 0.25) is 0 Å². The van der Waals surface area contributed by atoms with Gasteiger partial charge >= 0.3 is 0 Å². The van der Waals surface area contributed by atoms with Gasteiger partial charge in [0.15, 0.2) is 5.78 Å². The number of carbonyl (C=O) groups is 1. The molecule has 0 spiro atoms. The topological polar surface area (TPSA) is 57.5 Å². The molecule has 0 aliphatic heterocycles. The minimum atomic E-state index is -0.975. The van der Waals surface area contributed by atoms with Crippen molar-refractivity contribution < 1.29 is 15.0 Å². The first-order chi connectivity index (χ1) is 5.63. The molecule has 0 aromatic heterocycles. The summed E-state index contributed by atoms with van der Waals surface area (Å²) in [6.45, 7) is 3.78. The lowest BCUT2D eigenvalue weighted by atomic mass is 10.0. The van der Waals surface area contributed by atoms with Crippen LogP contribution in [0.1, 0.15) is 39.5 Å². The second kappa shape index (κ2) is 6.14. The van der Waals surface area contributed by atoms with Crippen molar-refractivity contribution in [3.05, 3.63) is 0 Å². The summed E-state index contributed by atoms with van der Waals surface area (Å²) in [6, 6.07) is 0.